The molecule has 3 aliphatic heterocycles. The number of rotatable bonds is 9. The molecule has 4 aromatic rings. The molecular weight excluding hydrogens is 694 g/mol. The summed E-state index contributed by atoms with van der Waals surface area (Å²) in [6.45, 7) is 9.10. The second kappa shape index (κ2) is 13.9. The van der Waals surface area contributed by atoms with Gasteiger partial charge in [0, 0.05) is 61.6 Å². The Bertz CT molecular complexity index is 2170. The third-order valence-electron chi connectivity index (χ3n) is 13.0. The number of nitrogens with zero attached hydrogens (tertiary/aromatic N) is 5. The quantitative estimate of drug-likeness (QED) is 0.170. The molecule has 2 amide bonds. The van der Waals surface area contributed by atoms with Crippen LogP contribution in [-0.4, -0.2) is 64.0 Å². The van der Waals surface area contributed by atoms with Gasteiger partial charge in [0.25, 0.3) is 0 Å². The summed E-state index contributed by atoms with van der Waals surface area (Å²) < 4.78 is 20.9. The molecule has 2 aliphatic carbocycles. The first kappa shape index (κ1) is 35.6. The number of nitrogens with one attached hydrogen (secondary N) is 2. The summed E-state index contributed by atoms with van der Waals surface area (Å²) in [5, 5.41) is 20.0. The molecular formula is C44H48FN7O3. The van der Waals surface area contributed by atoms with Gasteiger partial charge in [0.2, 0.25) is 11.8 Å². The number of aromatic nitrogens is 1. The zero-order valence-corrected chi connectivity index (χ0v) is 31.8. The van der Waals surface area contributed by atoms with Gasteiger partial charge < -0.3 is 14.7 Å². The van der Waals surface area contributed by atoms with Crippen molar-refractivity contribution in [1.29, 1.82) is 5.26 Å². The number of fused-ring (bicyclic) bond motifs is 1. The molecule has 0 bridgehead atoms. The maximum Gasteiger partial charge on any atom is 0.243 e. The number of nitriles is 1. The monoisotopic (exact) mass is 741 g/mol. The van der Waals surface area contributed by atoms with Crippen LogP contribution in [0.3, 0.4) is 0 Å². The Balaban J connectivity index is 0.866. The summed E-state index contributed by atoms with van der Waals surface area (Å²) >= 11 is 0. The fourth-order valence-electron chi connectivity index (χ4n) is 9.56. The third kappa shape index (κ3) is 6.59. The molecule has 11 heteroatoms. The molecule has 0 radical (unpaired) electrons. The largest absolute Gasteiger partial charge is 0.380 e. The second-order valence-corrected chi connectivity index (χ2v) is 16.5. The van der Waals surface area contributed by atoms with Crippen LogP contribution in [0.25, 0.3) is 11.1 Å². The summed E-state index contributed by atoms with van der Waals surface area (Å²) in [6, 6.07) is 22.0. The lowest BCUT2D eigenvalue weighted by Crippen LogP contribution is -2.62. The minimum absolute atomic E-state index is 0.196. The molecule has 1 unspecified atom stereocenters. The van der Waals surface area contributed by atoms with Crippen LogP contribution < -0.4 is 15.5 Å². The molecule has 5 aliphatic rings. The average Bonchev–Trinajstić information content (AvgIpc) is 3.75. The summed E-state index contributed by atoms with van der Waals surface area (Å²) in [5.74, 6) is 0.0795. The minimum Gasteiger partial charge on any atom is -0.380 e. The summed E-state index contributed by atoms with van der Waals surface area (Å²) in [5.41, 5.74) is 9.77. The maximum absolute atomic E-state index is 15.4. The van der Waals surface area contributed by atoms with Crippen molar-refractivity contribution >= 4 is 28.9 Å². The number of carbonyl (C=O) groups excluding carboxylic acids is 2. The Morgan fingerprint density at radius 2 is 1.67 bits per heavy atom. The van der Waals surface area contributed by atoms with Gasteiger partial charge in [0.05, 0.1) is 34.9 Å². The Hall–Kier alpha value is -5.05. The van der Waals surface area contributed by atoms with Crippen molar-refractivity contribution in [1.82, 2.24) is 20.3 Å². The van der Waals surface area contributed by atoms with Crippen LogP contribution in [-0.2, 0) is 28.1 Å². The number of benzene rings is 3. The van der Waals surface area contributed by atoms with Crippen LogP contribution in [0.4, 0.5) is 21.5 Å². The summed E-state index contributed by atoms with van der Waals surface area (Å²) in [7, 11) is 0. The van der Waals surface area contributed by atoms with Crippen molar-refractivity contribution < 1.29 is 18.5 Å². The molecule has 0 spiro atoms. The zero-order chi connectivity index (χ0) is 38.0. The van der Waals surface area contributed by atoms with Gasteiger partial charge in [0.15, 0.2) is 0 Å². The number of imide groups is 1. The number of aryl methyl sites for hydroxylation is 3. The van der Waals surface area contributed by atoms with E-state index >= 15 is 4.39 Å². The fourth-order valence-corrected chi connectivity index (χ4v) is 9.56. The SMILES string of the molecule is Cc1ccc(-c2c(C)noc2C)cc1N(c1ccc(C2(C#N)CC2)cc1)C1CN(C2CCC(Nc3cc4c(cc3F)CN(C3CCC(=O)NC3=O)C4)CC2)C1. The highest BCUT2D eigenvalue weighted by Gasteiger charge is 2.45. The lowest BCUT2D eigenvalue weighted by Gasteiger charge is -2.51. The first-order valence-electron chi connectivity index (χ1n) is 19.8. The highest BCUT2D eigenvalue weighted by molar-refractivity contribution is 6.00. The van der Waals surface area contributed by atoms with Gasteiger partial charge in [-0.1, -0.05) is 29.4 Å². The normalized spacial score (nSPS) is 23.8. The number of amides is 2. The van der Waals surface area contributed by atoms with Crippen molar-refractivity contribution in [2.75, 3.05) is 23.3 Å². The molecule has 10 nitrogen and oxygen atoms in total. The van der Waals surface area contributed by atoms with E-state index in [9.17, 15) is 14.9 Å². The van der Waals surface area contributed by atoms with Crippen molar-refractivity contribution in [3.8, 4) is 17.2 Å². The van der Waals surface area contributed by atoms with E-state index in [1.807, 2.05) is 24.8 Å². The van der Waals surface area contributed by atoms with Gasteiger partial charge >= 0.3 is 0 Å². The Morgan fingerprint density at radius 3 is 2.33 bits per heavy atom. The molecule has 2 N–H and O–H groups in total. The van der Waals surface area contributed by atoms with Gasteiger partial charge in [-0.15, -0.1) is 0 Å². The van der Waals surface area contributed by atoms with Crippen LogP contribution in [0.15, 0.2) is 59.1 Å². The number of anilines is 3. The predicted molar refractivity (Wildman–Crippen MR) is 208 cm³/mol. The highest BCUT2D eigenvalue weighted by atomic mass is 19.1. The molecule has 2 saturated carbocycles. The van der Waals surface area contributed by atoms with Crippen molar-refractivity contribution in [3.05, 3.63) is 94.1 Å². The van der Waals surface area contributed by atoms with Gasteiger partial charge in [-0.2, -0.15) is 5.26 Å². The molecule has 284 valence electrons. The number of halogens is 1. The Labute approximate surface area is 321 Å². The predicted octanol–water partition coefficient (Wildman–Crippen LogP) is 7.33. The standard InChI is InChI=1S/C44H48FN7O3/c1-26-4-5-29(42-27(2)49-55-28(42)3)20-40(26)52(35-10-6-32(7-11-35)44(25-46)16-17-44)36-23-50(24-36)34-12-8-33(9-13-34)47-38-19-31-22-51(21-30(31)18-37(38)45)39-14-15-41(53)48-43(39)54/h4-7,10-11,18-20,33-34,36,39,47H,8-9,12-17,21-24H2,1-3H3,(H,48,53,54). The van der Waals surface area contributed by atoms with Crippen LogP contribution in [0.2, 0.25) is 0 Å². The lowest BCUT2D eigenvalue weighted by atomic mass is 9.87. The van der Waals surface area contributed by atoms with E-state index in [1.54, 1.807) is 6.07 Å². The van der Waals surface area contributed by atoms with E-state index in [0.717, 1.165) is 96.6 Å². The number of hydrogen-bond acceptors (Lipinski definition) is 9. The topological polar surface area (TPSA) is 118 Å². The van der Waals surface area contributed by atoms with E-state index in [2.05, 4.69) is 81.0 Å². The number of hydrogen-bond donors (Lipinski definition) is 2. The molecule has 4 fully saturated rings. The van der Waals surface area contributed by atoms with E-state index in [4.69, 9.17) is 4.52 Å². The molecule has 2 saturated heterocycles. The lowest BCUT2D eigenvalue weighted by molar-refractivity contribution is -0.137. The van der Waals surface area contributed by atoms with Crippen LogP contribution in [0, 0.1) is 37.9 Å². The van der Waals surface area contributed by atoms with E-state index < -0.39 is 0 Å². The van der Waals surface area contributed by atoms with E-state index in [1.165, 1.54) is 11.3 Å². The third-order valence-corrected chi connectivity index (χ3v) is 13.0. The van der Waals surface area contributed by atoms with E-state index in [0.29, 0.717) is 37.7 Å². The first-order valence-corrected chi connectivity index (χ1v) is 19.8. The summed E-state index contributed by atoms with van der Waals surface area (Å²) in [4.78, 5) is 31.3. The fraction of sp³-hybridized carbons (Fsp3) is 0.455. The smallest absolute Gasteiger partial charge is 0.243 e. The number of carbonyl (C=O) groups is 2. The molecule has 3 aromatic carbocycles. The number of piperidine rings is 1. The molecule has 4 heterocycles. The van der Waals surface area contributed by atoms with Crippen LogP contribution in [0.1, 0.15) is 85.1 Å². The molecule has 55 heavy (non-hydrogen) atoms. The van der Waals surface area contributed by atoms with Crippen molar-refractivity contribution in [2.45, 2.75) is 115 Å². The van der Waals surface area contributed by atoms with Gasteiger partial charge in [-0.25, -0.2) is 4.39 Å². The zero-order valence-electron chi connectivity index (χ0n) is 31.8. The van der Waals surface area contributed by atoms with Crippen molar-refractivity contribution in [3.63, 3.8) is 0 Å². The van der Waals surface area contributed by atoms with Gasteiger partial charge in [0.1, 0.15) is 11.6 Å². The molecule has 9 rings (SSSR count). The van der Waals surface area contributed by atoms with Crippen LogP contribution in [0.5, 0.6) is 0 Å². The van der Waals surface area contributed by atoms with Crippen molar-refractivity contribution in [2.24, 2.45) is 0 Å². The summed E-state index contributed by atoms with van der Waals surface area (Å²) in [6.07, 6.45) is 6.71. The minimum atomic E-state index is -0.361. The van der Waals surface area contributed by atoms with Gasteiger partial charge in [-0.05, 0) is 124 Å². The molecule has 1 atom stereocenters. The molecule has 1 aromatic heterocycles. The average molecular weight is 742 g/mol. The highest BCUT2D eigenvalue weighted by Crippen LogP contribution is 2.48. The van der Waals surface area contributed by atoms with Crippen LogP contribution >= 0.6 is 0 Å². The van der Waals surface area contributed by atoms with E-state index in [-0.39, 0.29) is 41.2 Å². The number of likely N-dealkylation sites (tertiary alicyclic amines) is 1. The Morgan fingerprint density at radius 1 is 0.945 bits per heavy atom. The van der Waals surface area contributed by atoms with Gasteiger partial charge in [-0.3, -0.25) is 24.7 Å². The Kier molecular flexibility index (Phi) is 9.01. The first-order chi connectivity index (χ1) is 26.6. The second-order valence-electron chi connectivity index (χ2n) is 16.5. The maximum atomic E-state index is 15.4.